The summed E-state index contributed by atoms with van der Waals surface area (Å²) in [5.74, 6) is 0.778. The summed E-state index contributed by atoms with van der Waals surface area (Å²) in [5, 5.41) is 9.43. The molecule has 0 spiro atoms. The first kappa shape index (κ1) is 15.9. The molecular weight excluding hydrogens is 318 g/mol. The van der Waals surface area contributed by atoms with Crippen LogP contribution in [0.3, 0.4) is 0 Å². The number of thiazole rings is 1. The molecule has 23 heavy (non-hydrogen) atoms. The molecule has 1 saturated heterocycles. The van der Waals surface area contributed by atoms with Crippen molar-refractivity contribution in [1.82, 2.24) is 20.0 Å². The van der Waals surface area contributed by atoms with Gasteiger partial charge in [-0.3, -0.25) is 4.79 Å². The second-order valence-electron chi connectivity index (χ2n) is 5.27. The van der Waals surface area contributed by atoms with Crippen molar-refractivity contribution in [1.29, 1.82) is 0 Å². The topological polar surface area (TPSA) is 93.4 Å². The van der Waals surface area contributed by atoms with Crippen LogP contribution in [0.15, 0.2) is 9.90 Å². The number of hydrogen-bond acceptors (Lipinski definition) is 8. The van der Waals surface area contributed by atoms with Crippen molar-refractivity contribution in [2.24, 2.45) is 0 Å². The number of anilines is 1. The number of nitrogens with one attached hydrogen (secondary N) is 1. The van der Waals surface area contributed by atoms with E-state index in [1.165, 1.54) is 11.3 Å². The Labute approximate surface area is 137 Å². The minimum atomic E-state index is -0.401. The van der Waals surface area contributed by atoms with E-state index in [2.05, 4.69) is 20.4 Å². The lowest BCUT2D eigenvalue weighted by Gasteiger charge is -2.37. The molecule has 0 radical (unpaired) electrons. The Hall–Kier alpha value is -2.00. The van der Waals surface area contributed by atoms with E-state index in [-0.39, 0.29) is 12.0 Å². The van der Waals surface area contributed by atoms with Gasteiger partial charge in [0.15, 0.2) is 11.0 Å². The first-order chi connectivity index (χ1) is 11.1. The predicted octanol–water partition coefficient (Wildman–Crippen LogP) is 1.87. The summed E-state index contributed by atoms with van der Waals surface area (Å²) in [7, 11) is 0. The molecule has 9 heteroatoms. The highest BCUT2D eigenvalue weighted by molar-refractivity contribution is 7.13. The summed E-state index contributed by atoms with van der Waals surface area (Å²) < 4.78 is 10.9. The highest BCUT2D eigenvalue weighted by Crippen LogP contribution is 2.30. The van der Waals surface area contributed by atoms with E-state index in [0.29, 0.717) is 30.6 Å². The maximum absolute atomic E-state index is 12.9. The van der Waals surface area contributed by atoms with Crippen molar-refractivity contribution in [2.45, 2.75) is 32.9 Å². The molecule has 8 nitrogen and oxygen atoms in total. The standard InChI is InChI=1S/C14H19N5O3S/c1-4-15-14-17-10(7-23-14)13(20)19-5-6-21-8(2)11(19)12-16-9(3)18-22-12/h7-8,11H,4-6H2,1-3H3,(H,15,17)/t8-,11+/m1/s1. The predicted molar refractivity (Wildman–Crippen MR) is 84.5 cm³/mol. The molecule has 1 amide bonds. The average Bonchev–Trinajstić information content (AvgIpc) is 3.16. The molecule has 1 N–H and O–H groups in total. The number of carbonyl (C=O) groups excluding carboxylic acids is 1. The molecule has 0 unspecified atom stereocenters. The quantitative estimate of drug-likeness (QED) is 0.910. The summed E-state index contributed by atoms with van der Waals surface area (Å²) in [6.07, 6.45) is -0.223. The van der Waals surface area contributed by atoms with Crippen molar-refractivity contribution >= 4 is 22.4 Å². The van der Waals surface area contributed by atoms with E-state index >= 15 is 0 Å². The van der Waals surface area contributed by atoms with Gasteiger partial charge in [-0.2, -0.15) is 4.98 Å². The van der Waals surface area contributed by atoms with Gasteiger partial charge >= 0.3 is 0 Å². The Morgan fingerprint density at radius 2 is 2.35 bits per heavy atom. The fraction of sp³-hybridized carbons (Fsp3) is 0.571. The summed E-state index contributed by atoms with van der Waals surface area (Å²) in [5.41, 5.74) is 0.418. The van der Waals surface area contributed by atoms with Gasteiger partial charge in [-0.15, -0.1) is 11.3 Å². The van der Waals surface area contributed by atoms with Gasteiger partial charge in [-0.1, -0.05) is 5.16 Å². The summed E-state index contributed by atoms with van der Waals surface area (Å²) in [6.45, 7) is 7.33. The molecule has 0 aromatic carbocycles. The third-order valence-electron chi connectivity index (χ3n) is 3.60. The normalized spacial score (nSPS) is 21.4. The first-order valence-corrected chi connectivity index (χ1v) is 8.40. The van der Waals surface area contributed by atoms with E-state index in [0.717, 1.165) is 11.7 Å². The Bertz CT molecular complexity index is 686. The third-order valence-corrected chi connectivity index (χ3v) is 4.40. The fourth-order valence-corrected chi connectivity index (χ4v) is 3.32. The molecule has 0 bridgehead atoms. The lowest BCUT2D eigenvalue weighted by atomic mass is 10.1. The molecule has 3 heterocycles. The molecule has 124 valence electrons. The average molecular weight is 337 g/mol. The van der Waals surface area contributed by atoms with Crippen LogP contribution in [-0.2, 0) is 4.74 Å². The van der Waals surface area contributed by atoms with Crippen molar-refractivity contribution < 1.29 is 14.1 Å². The summed E-state index contributed by atoms with van der Waals surface area (Å²) >= 11 is 1.42. The number of morpholine rings is 1. The van der Waals surface area contributed by atoms with Gasteiger partial charge < -0.3 is 19.5 Å². The number of nitrogens with zero attached hydrogens (tertiary/aromatic N) is 4. The third kappa shape index (κ3) is 3.20. The fourth-order valence-electron chi connectivity index (χ4n) is 2.57. The van der Waals surface area contributed by atoms with Crippen LogP contribution in [0.25, 0.3) is 0 Å². The van der Waals surface area contributed by atoms with Gasteiger partial charge in [0.25, 0.3) is 11.8 Å². The number of carbonyl (C=O) groups is 1. The molecule has 0 aliphatic carbocycles. The van der Waals surface area contributed by atoms with Crippen molar-refractivity contribution in [3.63, 3.8) is 0 Å². The van der Waals surface area contributed by atoms with E-state index in [4.69, 9.17) is 9.26 Å². The van der Waals surface area contributed by atoms with Crippen molar-refractivity contribution in [3.8, 4) is 0 Å². The number of hydrogen-bond donors (Lipinski definition) is 1. The second kappa shape index (κ2) is 6.63. The van der Waals surface area contributed by atoms with Crippen molar-refractivity contribution in [2.75, 3.05) is 25.0 Å². The molecule has 2 atom stereocenters. The minimum absolute atomic E-state index is 0.151. The zero-order valence-electron chi connectivity index (χ0n) is 13.3. The van der Waals surface area contributed by atoms with Crippen molar-refractivity contribution in [3.05, 3.63) is 22.8 Å². The van der Waals surface area contributed by atoms with Crippen LogP contribution in [-0.4, -0.2) is 51.7 Å². The van der Waals surface area contributed by atoms with Crippen LogP contribution in [0.2, 0.25) is 0 Å². The smallest absolute Gasteiger partial charge is 0.274 e. The second-order valence-corrected chi connectivity index (χ2v) is 6.13. The van der Waals surface area contributed by atoms with Crippen LogP contribution in [0, 0.1) is 6.92 Å². The Morgan fingerprint density at radius 3 is 3.04 bits per heavy atom. The van der Waals surface area contributed by atoms with E-state index in [9.17, 15) is 4.79 Å². The number of ether oxygens (including phenoxy) is 1. The Balaban J connectivity index is 1.86. The van der Waals surface area contributed by atoms with Gasteiger partial charge in [-0.25, -0.2) is 4.98 Å². The SMILES string of the molecule is CCNc1nc(C(=O)N2CCO[C@H](C)[C@H]2c2nc(C)no2)cs1. The first-order valence-electron chi connectivity index (χ1n) is 7.52. The maximum Gasteiger partial charge on any atom is 0.274 e. The van der Waals surface area contributed by atoms with Gasteiger partial charge in [0, 0.05) is 18.5 Å². The molecule has 1 fully saturated rings. The minimum Gasteiger partial charge on any atom is -0.374 e. The van der Waals surface area contributed by atoms with Crippen LogP contribution in [0.1, 0.15) is 42.1 Å². The number of aromatic nitrogens is 3. The number of amides is 1. The van der Waals surface area contributed by atoms with Crippen LogP contribution in [0.4, 0.5) is 5.13 Å². The number of aryl methyl sites for hydroxylation is 1. The van der Waals surface area contributed by atoms with Crippen LogP contribution in [0.5, 0.6) is 0 Å². The summed E-state index contributed by atoms with van der Waals surface area (Å²) in [6, 6.07) is -0.401. The van der Waals surface area contributed by atoms with Gasteiger partial charge in [0.05, 0.1) is 12.7 Å². The number of rotatable bonds is 4. The zero-order chi connectivity index (χ0) is 16.4. The molecule has 3 rings (SSSR count). The van der Waals surface area contributed by atoms with E-state index in [1.807, 2.05) is 13.8 Å². The lowest BCUT2D eigenvalue weighted by Crippen LogP contribution is -2.47. The van der Waals surface area contributed by atoms with Gasteiger partial charge in [0.1, 0.15) is 11.7 Å². The highest BCUT2D eigenvalue weighted by Gasteiger charge is 2.38. The molecule has 2 aromatic rings. The summed E-state index contributed by atoms with van der Waals surface area (Å²) in [4.78, 5) is 23.2. The monoisotopic (exact) mass is 337 g/mol. The maximum atomic E-state index is 12.9. The molecule has 1 aliphatic rings. The highest BCUT2D eigenvalue weighted by atomic mass is 32.1. The van der Waals surface area contributed by atoms with Crippen LogP contribution >= 0.6 is 11.3 Å². The molecular formula is C14H19N5O3S. The Morgan fingerprint density at radius 1 is 1.52 bits per heavy atom. The van der Waals surface area contributed by atoms with Gasteiger partial charge in [-0.05, 0) is 20.8 Å². The molecule has 0 saturated carbocycles. The lowest BCUT2D eigenvalue weighted by molar-refractivity contribution is -0.0601. The van der Waals surface area contributed by atoms with Crippen LogP contribution < -0.4 is 5.32 Å². The zero-order valence-corrected chi connectivity index (χ0v) is 14.1. The molecule has 2 aromatic heterocycles. The largest absolute Gasteiger partial charge is 0.374 e. The molecule has 1 aliphatic heterocycles. The Kier molecular flexibility index (Phi) is 4.58. The van der Waals surface area contributed by atoms with E-state index in [1.54, 1.807) is 17.2 Å². The van der Waals surface area contributed by atoms with Gasteiger partial charge in [0.2, 0.25) is 0 Å². The van der Waals surface area contributed by atoms with E-state index < -0.39 is 6.04 Å².